The number of hydrogen-bond donors (Lipinski definition) is 1. The standard InChI is InChI=1S/C21H26N2O4/c1-3-27-20-13-15(9-10-19(20)26-2)18(14-16-7-4-5-11-22-16)23-12-6-8-17(23)21(24)25/h4-5,7,9-11,13,17-18H,3,6,8,12,14H2,1-2H3,(H,24,25). The molecule has 0 bridgehead atoms. The van der Waals surface area contributed by atoms with Crippen molar-refractivity contribution in [1.29, 1.82) is 0 Å². The first-order valence-corrected chi connectivity index (χ1v) is 9.33. The number of benzene rings is 1. The van der Waals surface area contributed by atoms with E-state index in [0.717, 1.165) is 24.2 Å². The molecule has 0 amide bonds. The maximum atomic E-state index is 11.8. The Morgan fingerprint density at radius 1 is 1.33 bits per heavy atom. The van der Waals surface area contributed by atoms with Gasteiger partial charge in [-0.2, -0.15) is 0 Å². The van der Waals surface area contributed by atoms with Crippen molar-refractivity contribution in [2.45, 2.75) is 38.3 Å². The Balaban J connectivity index is 1.98. The molecule has 2 atom stereocenters. The van der Waals surface area contributed by atoms with E-state index in [-0.39, 0.29) is 6.04 Å². The minimum Gasteiger partial charge on any atom is -0.493 e. The van der Waals surface area contributed by atoms with E-state index in [9.17, 15) is 9.90 Å². The number of aliphatic carboxylic acids is 1. The third kappa shape index (κ3) is 4.39. The van der Waals surface area contributed by atoms with E-state index in [1.165, 1.54) is 0 Å². The molecule has 2 aromatic rings. The van der Waals surface area contributed by atoms with E-state index in [1.807, 2.05) is 43.3 Å². The lowest BCUT2D eigenvalue weighted by molar-refractivity contribution is -0.143. The van der Waals surface area contributed by atoms with Gasteiger partial charge in [-0.3, -0.25) is 14.7 Å². The monoisotopic (exact) mass is 370 g/mol. The van der Waals surface area contributed by atoms with Gasteiger partial charge in [0.2, 0.25) is 0 Å². The summed E-state index contributed by atoms with van der Waals surface area (Å²) in [4.78, 5) is 18.3. The molecule has 6 nitrogen and oxygen atoms in total. The molecular formula is C21H26N2O4. The summed E-state index contributed by atoms with van der Waals surface area (Å²) >= 11 is 0. The molecule has 1 aromatic heterocycles. The second-order valence-corrected chi connectivity index (χ2v) is 6.62. The van der Waals surface area contributed by atoms with Crippen molar-refractivity contribution in [1.82, 2.24) is 9.88 Å². The number of hydrogen-bond acceptors (Lipinski definition) is 5. The zero-order chi connectivity index (χ0) is 19.2. The van der Waals surface area contributed by atoms with Gasteiger partial charge in [0.05, 0.1) is 13.7 Å². The fourth-order valence-corrected chi connectivity index (χ4v) is 3.74. The summed E-state index contributed by atoms with van der Waals surface area (Å²) in [6, 6.07) is 11.1. The molecule has 0 aliphatic carbocycles. The van der Waals surface area contributed by atoms with Crippen LogP contribution >= 0.6 is 0 Å². The lowest BCUT2D eigenvalue weighted by Crippen LogP contribution is -2.39. The van der Waals surface area contributed by atoms with Crippen molar-refractivity contribution in [3.63, 3.8) is 0 Å². The molecule has 3 rings (SSSR count). The summed E-state index contributed by atoms with van der Waals surface area (Å²) in [7, 11) is 1.61. The topological polar surface area (TPSA) is 71.9 Å². The maximum Gasteiger partial charge on any atom is 0.320 e. The van der Waals surface area contributed by atoms with Crippen molar-refractivity contribution in [2.75, 3.05) is 20.3 Å². The number of nitrogens with zero attached hydrogens (tertiary/aromatic N) is 2. The van der Waals surface area contributed by atoms with Crippen LogP contribution in [0.2, 0.25) is 0 Å². The van der Waals surface area contributed by atoms with Crippen LogP contribution in [0.25, 0.3) is 0 Å². The molecule has 0 spiro atoms. The number of methoxy groups -OCH3 is 1. The molecular weight excluding hydrogens is 344 g/mol. The van der Waals surface area contributed by atoms with Gasteiger partial charge in [0.1, 0.15) is 6.04 Å². The quantitative estimate of drug-likeness (QED) is 0.769. The minimum absolute atomic E-state index is 0.0892. The Labute approximate surface area is 159 Å². The van der Waals surface area contributed by atoms with Crippen molar-refractivity contribution in [3.05, 3.63) is 53.9 Å². The first kappa shape index (κ1) is 19.2. The van der Waals surface area contributed by atoms with Gasteiger partial charge in [0.15, 0.2) is 11.5 Å². The zero-order valence-electron chi connectivity index (χ0n) is 15.8. The van der Waals surface area contributed by atoms with Crippen LogP contribution in [0.5, 0.6) is 11.5 Å². The molecule has 0 radical (unpaired) electrons. The largest absolute Gasteiger partial charge is 0.493 e. The summed E-state index contributed by atoms with van der Waals surface area (Å²) in [5.74, 6) is 0.583. The van der Waals surface area contributed by atoms with Gasteiger partial charge < -0.3 is 14.6 Å². The second kappa shape index (κ2) is 8.86. The van der Waals surface area contributed by atoms with Crippen molar-refractivity contribution in [2.24, 2.45) is 0 Å². The predicted octanol–water partition coefficient (Wildman–Crippen LogP) is 3.32. The zero-order valence-corrected chi connectivity index (χ0v) is 15.8. The Kier molecular flexibility index (Phi) is 6.29. The number of aromatic nitrogens is 1. The third-order valence-corrected chi connectivity index (χ3v) is 4.98. The normalized spacial score (nSPS) is 18.2. The Bertz CT molecular complexity index is 766. The van der Waals surface area contributed by atoms with Crippen LogP contribution in [0.1, 0.15) is 37.1 Å². The maximum absolute atomic E-state index is 11.8. The summed E-state index contributed by atoms with van der Waals surface area (Å²) in [6.07, 6.45) is 3.96. The van der Waals surface area contributed by atoms with E-state index in [2.05, 4.69) is 9.88 Å². The molecule has 0 saturated carbocycles. The van der Waals surface area contributed by atoms with Gasteiger partial charge in [0, 0.05) is 24.4 Å². The van der Waals surface area contributed by atoms with Crippen LogP contribution in [0.4, 0.5) is 0 Å². The molecule has 1 saturated heterocycles. The number of rotatable bonds is 8. The fraction of sp³-hybridized carbons (Fsp3) is 0.429. The van der Waals surface area contributed by atoms with Gasteiger partial charge >= 0.3 is 5.97 Å². The smallest absolute Gasteiger partial charge is 0.320 e. The van der Waals surface area contributed by atoms with Crippen LogP contribution in [0.3, 0.4) is 0 Å². The van der Waals surface area contributed by atoms with Gasteiger partial charge in [-0.05, 0) is 56.1 Å². The number of carboxylic acid groups (broad SMARTS) is 1. The van der Waals surface area contributed by atoms with E-state index >= 15 is 0 Å². The molecule has 2 heterocycles. The fourth-order valence-electron chi connectivity index (χ4n) is 3.74. The summed E-state index contributed by atoms with van der Waals surface area (Å²) in [5, 5.41) is 9.66. The number of pyridine rings is 1. The summed E-state index contributed by atoms with van der Waals surface area (Å²) < 4.78 is 11.1. The molecule has 1 fully saturated rings. The van der Waals surface area contributed by atoms with E-state index < -0.39 is 12.0 Å². The molecule has 6 heteroatoms. The molecule has 1 aromatic carbocycles. The molecule has 27 heavy (non-hydrogen) atoms. The van der Waals surface area contributed by atoms with Crippen LogP contribution in [0, 0.1) is 0 Å². The Hall–Kier alpha value is -2.60. The van der Waals surface area contributed by atoms with Crippen LogP contribution in [-0.4, -0.2) is 47.3 Å². The van der Waals surface area contributed by atoms with Gasteiger partial charge in [-0.25, -0.2) is 0 Å². The van der Waals surface area contributed by atoms with Crippen LogP contribution in [0.15, 0.2) is 42.6 Å². The Morgan fingerprint density at radius 3 is 2.85 bits per heavy atom. The SMILES string of the molecule is CCOc1cc(C(Cc2ccccn2)N2CCCC2C(=O)O)ccc1OC. The van der Waals surface area contributed by atoms with Crippen molar-refractivity contribution >= 4 is 5.97 Å². The number of likely N-dealkylation sites (tertiary alicyclic amines) is 1. The van der Waals surface area contributed by atoms with Gasteiger partial charge in [-0.15, -0.1) is 0 Å². The first-order valence-electron chi connectivity index (χ1n) is 9.33. The third-order valence-electron chi connectivity index (χ3n) is 4.98. The number of ether oxygens (including phenoxy) is 2. The van der Waals surface area contributed by atoms with Crippen molar-refractivity contribution < 1.29 is 19.4 Å². The average molecular weight is 370 g/mol. The predicted molar refractivity (Wildman–Crippen MR) is 102 cm³/mol. The van der Waals surface area contributed by atoms with E-state index in [4.69, 9.17) is 9.47 Å². The van der Waals surface area contributed by atoms with E-state index in [0.29, 0.717) is 30.9 Å². The first-order chi connectivity index (χ1) is 13.1. The Morgan fingerprint density at radius 2 is 2.19 bits per heavy atom. The molecule has 2 unspecified atom stereocenters. The molecule has 1 aliphatic heterocycles. The van der Waals surface area contributed by atoms with Crippen molar-refractivity contribution in [3.8, 4) is 11.5 Å². The highest BCUT2D eigenvalue weighted by atomic mass is 16.5. The van der Waals surface area contributed by atoms with E-state index in [1.54, 1.807) is 13.3 Å². The summed E-state index contributed by atoms with van der Waals surface area (Å²) in [6.45, 7) is 3.22. The van der Waals surface area contributed by atoms with Crippen LogP contribution < -0.4 is 9.47 Å². The highest BCUT2D eigenvalue weighted by molar-refractivity contribution is 5.74. The van der Waals surface area contributed by atoms with Crippen LogP contribution in [-0.2, 0) is 11.2 Å². The second-order valence-electron chi connectivity index (χ2n) is 6.62. The van der Waals surface area contributed by atoms with Gasteiger partial charge in [-0.1, -0.05) is 12.1 Å². The lowest BCUT2D eigenvalue weighted by Gasteiger charge is -2.32. The minimum atomic E-state index is -0.767. The highest BCUT2D eigenvalue weighted by Gasteiger charge is 2.36. The summed E-state index contributed by atoms with van der Waals surface area (Å²) in [5.41, 5.74) is 1.95. The lowest BCUT2D eigenvalue weighted by atomic mass is 9.98. The number of carbonyl (C=O) groups is 1. The molecule has 1 aliphatic rings. The highest BCUT2D eigenvalue weighted by Crippen LogP contribution is 2.36. The average Bonchev–Trinajstić information content (AvgIpc) is 3.17. The number of carboxylic acids is 1. The molecule has 1 N–H and O–H groups in total. The van der Waals surface area contributed by atoms with Gasteiger partial charge in [0.25, 0.3) is 0 Å². The molecule has 144 valence electrons.